The molecule has 0 unspecified atom stereocenters. The molecule has 0 fully saturated rings. The van der Waals surface area contributed by atoms with Gasteiger partial charge in [-0.2, -0.15) is 4.98 Å². The van der Waals surface area contributed by atoms with Crippen molar-refractivity contribution in [3.8, 4) is 12.3 Å². The summed E-state index contributed by atoms with van der Waals surface area (Å²) < 4.78 is 5.13. The van der Waals surface area contributed by atoms with Gasteiger partial charge < -0.3 is 4.52 Å². The second kappa shape index (κ2) is 5.80. The second-order valence-corrected chi connectivity index (χ2v) is 3.70. The molecule has 0 aromatic carbocycles. The van der Waals surface area contributed by atoms with Crippen LogP contribution in [0.25, 0.3) is 0 Å². The van der Waals surface area contributed by atoms with E-state index in [4.69, 9.17) is 10.9 Å². The Kier molecular flexibility index (Phi) is 3.87. The maximum absolute atomic E-state index is 5.18. The van der Waals surface area contributed by atoms with Crippen LogP contribution in [0.1, 0.15) is 30.1 Å². The molecule has 86 valence electrons. The van der Waals surface area contributed by atoms with Crippen LogP contribution in [0, 0.1) is 12.3 Å². The number of rotatable bonds is 5. The summed E-state index contributed by atoms with van der Waals surface area (Å²) in [6.45, 7) is 0. The monoisotopic (exact) mass is 227 g/mol. The number of unbranched alkanes of at least 4 members (excludes halogenated alkanes) is 1. The Morgan fingerprint density at radius 2 is 2.35 bits per heavy atom. The van der Waals surface area contributed by atoms with Crippen molar-refractivity contribution < 1.29 is 4.52 Å². The Hall–Kier alpha value is -2.15. The zero-order valence-electron chi connectivity index (χ0n) is 9.47. The van der Waals surface area contributed by atoms with Crippen molar-refractivity contribution in [1.82, 2.24) is 15.1 Å². The quantitative estimate of drug-likeness (QED) is 0.579. The molecule has 4 nitrogen and oxygen atoms in total. The first kappa shape index (κ1) is 11.3. The molecule has 0 N–H and O–H groups in total. The molecule has 0 atom stereocenters. The van der Waals surface area contributed by atoms with E-state index in [9.17, 15) is 0 Å². The molecule has 2 rings (SSSR count). The largest absolute Gasteiger partial charge is 0.339 e. The molecule has 2 aromatic rings. The summed E-state index contributed by atoms with van der Waals surface area (Å²) >= 11 is 0. The molecule has 0 radical (unpaired) electrons. The van der Waals surface area contributed by atoms with E-state index in [2.05, 4.69) is 21.0 Å². The molecule has 0 aliphatic carbocycles. The average molecular weight is 227 g/mol. The third-order valence-electron chi connectivity index (χ3n) is 2.31. The molecule has 0 aliphatic heterocycles. The van der Waals surface area contributed by atoms with Gasteiger partial charge in [-0.15, -0.1) is 12.3 Å². The van der Waals surface area contributed by atoms with Crippen LogP contribution in [-0.2, 0) is 12.8 Å². The van der Waals surface area contributed by atoms with E-state index in [1.165, 1.54) is 0 Å². The summed E-state index contributed by atoms with van der Waals surface area (Å²) in [4.78, 5) is 8.34. The molecule has 17 heavy (non-hydrogen) atoms. The number of aromatic nitrogens is 3. The van der Waals surface area contributed by atoms with Gasteiger partial charge in [0.2, 0.25) is 5.89 Å². The van der Waals surface area contributed by atoms with Crippen LogP contribution in [0.5, 0.6) is 0 Å². The Morgan fingerprint density at radius 3 is 3.12 bits per heavy atom. The van der Waals surface area contributed by atoms with Gasteiger partial charge >= 0.3 is 0 Å². The Balaban J connectivity index is 1.93. The highest BCUT2D eigenvalue weighted by Crippen LogP contribution is 2.07. The van der Waals surface area contributed by atoms with Crippen LogP contribution >= 0.6 is 0 Å². The van der Waals surface area contributed by atoms with Crippen LogP contribution in [0.15, 0.2) is 29.0 Å². The van der Waals surface area contributed by atoms with Crippen LogP contribution < -0.4 is 0 Å². The second-order valence-electron chi connectivity index (χ2n) is 3.70. The smallest absolute Gasteiger partial charge is 0.226 e. The number of hydrogen-bond acceptors (Lipinski definition) is 4. The average Bonchev–Trinajstić information content (AvgIpc) is 2.79. The van der Waals surface area contributed by atoms with Crippen LogP contribution in [0.3, 0.4) is 0 Å². The van der Waals surface area contributed by atoms with E-state index in [-0.39, 0.29) is 0 Å². The topological polar surface area (TPSA) is 51.8 Å². The first-order valence-corrected chi connectivity index (χ1v) is 5.52. The molecule has 0 amide bonds. The highest BCUT2D eigenvalue weighted by atomic mass is 16.5. The van der Waals surface area contributed by atoms with E-state index in [1.807, 2.05) is 12.1 Å². The maximum Gasteiger partial charge on any atom is 0.226 e. The fraction of sp³-hybridized carbons (Fsp3) is 0.308. The summed E-state index contributed by atoms with van der Waals surface area (Å²) in [6, 6.07) is 3.88. The molecule has 0 bridgehead atoms. The van der Waals surface area contributed by atoms with Crippen molar-refractivity contribution in [3.63, 3.8) is 0 Å². The van der Waals surface area contributed by atoms with Crippen molar-refractivity contribution in [1.29, 1.82) is 0 Å². The lowest BCUT2D eigenvalue weighted by Gasteiger charge is -1.93. The Bertz CT molecular complexity index is 499. The summed E-state index contributed by atoms with van der Waals surface area (Å²) in [5.74, 6) is 3.93. The summed E-state index contributed by atoms with van der Waals surface area (Å²) in [5, 5.41) is 3.92. The molecule has 2 heterocycles. The zero-order chi connectivity index (χ0) is 11.9. The summed E-state index contributed by atoms with van der Waals surface area (Å²) in [7, 11) is 0. The minimum atomic E-state index is 0.645. The van der Waals surface area contributed by atoms with Crippen molar-refractivity contribution in [2.24, 2.45) is 0 Å². The summed E-state index contributed by atoms with van der Waals surface area (Å²) in [6.07, 6.45) is 11.7. The lowest BCUT2D eigenvalue weighted by Crippen LogP contribution is -1.92. The predicted molar refractivity (Wildman–Crippen MR) is 63.1 cm³/mol. The van der Waals surface area contributed by atoms with Crippen molar-refractivity contribution in [2.75, 3.05) is 0 Å². The third-order valence-corrected chi connectivity index (χ3v) is 2.31. The normalized spacial score (nSPS) is 10.1. The van der Waals surface area contributed by atoms with Gasteiger partial charge in [-0.3, -0.25) is 4.98 Å². The van der Waals surface area contributed by atoms with E-state index in [0.717, 1.165) is 24.8 Å². The molecular weight excluding hydrogens is 214 g/mol. The van der Waals surface area contributed by atoms with Gasteiger partial charge in [-0.1, -0.05) is 11.2 Å². The van der Waals surface area contributed by atoms with Crippen LogP contribution in [0.2, 0.25) is 0 Å². The standard InChI is InChI=1S/C13H13N3O/c1-2-3-4-7-13-15-12(16-17-13)9-11-6-5-8-14-10-11/h1,5-6,8,10H,3-4,7,9H2. The fourth-order valence-corrected chi connectivity index (χ4v) is 1.49. The predicted octanol–water partition coefficient (Wildman–Crippen LogP) is 2.01. The van der Waals surface area contributed by atoms with E-state index in [0.29, 0.717) is 18.1 Å². The van der Waals surface area contributed by atoms with Gasteiger partial charge in [0, 0.05) is 31.7 Å². The minimum Gasteiger partial charge on any atom is -0.339 e. The van der Waals surface area contributed by atoms with Gasteiger partial charge in [0.15, 0.2) is 5.82 Å². The molecule has 4 heteroatoms. The van der Waals surface area contributed by atoms with E-state index < -0.39 is 0 Å². The summed E-state index contributed by atoms with van der Waals surface area (Å²) in [5.41, 5.74) is 1.07. The van der Waals surface area contributed by atoms with Gasteiger partial charge in [0.05, 0.1) is 0 Å². The number of pyridine rings is 1. The maximum atomic E-state index is 5.18. The van der Waals surface area contributed by atoms with Gasteiger partial charge in [-0.25, -0.2) is 0 Å². The number of hydrogen-bond donors (Lipinski definition) is 0. The molecule has 2 aromatic heterocycles. The lowest BCUT2D eigenvalue weighted by atomic mass is 10.2. The van der Waals surface area contributed by atoms with Crippen molar-refractivity contribution in [3.05, 3.63) is 41.8 Å². The fourth-order valence-electron chi connectivity index (χ4n) is 1.49. The highest BCUT2D eigenvalue weighted by molar-refractivity contribution is 5.13. The minimum absolute atomic E-state index is 0.645. The van der Waals surface area contributed by atoms with Crippen LogP contribution in [-0.4, -0.2) is 15.1 Å². The Morgan fingerprint density at radius 1 is 1.41 bits per heavy atom. The highest BCUT2D eigenvalue weighted by Gasteiger charge is 2.06. The number of nitrogens with zero attached hydrogens (tertiary/aromatic N) is 3. The number of terminal acetylenes is 1. The third kappa shape index (κ3) is 3.42. The molecule has 0 aliphatic rings. The van der Waals surface area contributed by atoms with Crippen LogP contribution in [0.4, 0.5) is 0 Å². The van der Waals surface area contributed by atoms with Crippen molar-refractivity contribution >= 4 is 0 Å². The van der Waals surface area contributed by atoms with Gasteiger partial charge in [-0.05, 0) is 18.1 Å². The van der Waals surface area contributed by atoms with Gasteiger partial charge in [0.25, 0.3) is 0 Å². The number of aryl methyl sites for hydroxylation is 1. The first-order valence-electron chi connectivity index (χ1n) is 5.52. The SMILES string of the molecule is C#CCCCc1nc(Cc2cccnc2)no1. The van der Waals surface area contributed by atoms with Gasteiger partial charge in [0.1, 0.15) is 0 Å². The molecular formula is C13H13N3O. The Labute approximate surface area is 100 Å². The van der Waals surface area contributed by atoms with E-state index >= 15 is 0 Å². The lowest BCUT2D eigenvalue weighted by molar-refractivity contribution is 0.371. The molecule has 0 saturated carbocycles. The van der Waals surface area contributed by atoms with Crippen molar-refractivity contribution in [2.45, 2.75) is 25.7 Å². The first-order chi connectivity index (χ1) is 8.38. The zero-order valence-corrected chi connectivity index (χ0v) is 9.47. The molecule has 0 saturated heterocycles. The molecule has 0 spiro atoms. The van der Waals surface area contributed by atoms with E-state index in [1.54, 1.807) is 12.4 Å².